The number of thiophene rings is 1. The molecule has 1 unspecified atom stereocenters. The largest absolute Gasteiger partial charge is 0.337 e. The molecular weight excluding hydrogens is 368 g/mol. The number of benzene rings is 1. The second-order valence-electron chi connectivity index (χ2n) is 6.30. The smallest absolute Gasteiger partial charge is 0.257 e. The molecular formula is C19H21ClN4OS. The average Bonchev–Trinajstić information content (AvgIpc) is 3.31. The van der Waals surface area contributed by atoms with Gasteiger partial charge in [-0.3, -0.25) is 4.79 Å². The Morgan fingerprint density at radius 3 is 2.69 bits per heavy atom. The summed E-state index contributed by atoms with van der Waals surface area (Å²) in [6, 6.07) is 13.9. The van der Waals surface area contributed by atoms with Crippen LogP contribution in [0.15, 0.2) is 54.0 Å². The number of amides is 1. The van der Waals surface area contributed by atoms with Crippen LogP contribution in [0.1, 0.15) is 23.2 Å². The molecule has 1 aromatic carbocycles. The molecule has 0 aliphatic carbocycles. The van der Waals surface area contributed by atoms with E-state index in [1.54, 1.807) is 16.0 Å². The number of likely N-dealkylation sites (tertiary alicyclic amines) is 1. The third kappa shape index (κ3) is 3.67. The SMILES string of the molecule is Cl.NC1CCCN(C(=O)c2cn(-c3ccccc3)nc2-c2cccs2)C1. The highest BCUT2D eigenvalue weighted by Gasteiger charge is 2.27. The average molecular weight is 389 g/mol. The van der Waals surface area contributed by atoms with Gasteiger partial charge in [-0.15, -0.1) is 23.7 Å². The molecule has 0 saturated carbocycles. The molecule has 0 radical (unpaired) electrons. The molecule has 0 spiro atoms. The number of nitrogens with two attached hydrogens (primary N) is 1. The molecule has 2 aromatic heterocycles. The number of piperidine rings is 1. The van der Waals surface area contributed by atoms with Gasteiger partial charge in [-0.25, -0.2) is 4.68 Å². The number of halogens is 1. The van der Waals surface area contributed by atoms with E-state index in [1.165, 1.54) is 0 Å². The number of hydrogen-bond acceptors (Lipinski definition) is 4. The van der Waals surface area contributed by atoms with Crippen LogP contribution >= 0.6 is 23.7 Å². The fourth-order valence-corrected chi connectivity index (χ4v) is 3.93. The van der Waals surface area contributed by atoms with Gasteiger partial charge in [0.05, 0.1) is 16.1 Å². The van der Waals surface area contributed by atoms with E-state index in [0.29, 0.717) is 12.1 Å². The minimum absolute atomic E-state index is 0. The maximum absolute atomic E-state index is 13.1. The van der Waals surface area contributed by atoms with Crippen LogP contribution in [0.4, 0.5) is 0 Å². The number of nitrogens with zero attached hydrogens (tertiary/aromatic N) is 3. The van der Waals surface area contributed by atoms with Crippen LogP contribution in [-0.2, 0) is 0 Å². The molecule has 3 heterocycles. The van der Waals surface area contributed by atoms with E-state index < -0.39 is 0 Å². The van der Waals surface area contributed by atoms with E-state index in [2.05, 4.69) is 0 Å². The summed E-state index contributed by atoms with van der Waals surface area (Å²) in [5, 5.41) is 6.71. The quantitative estimate of drug-likeness (QED) is 0.745. The van der Waals surface area contributed by atoms with Crippen molar-refractivity contribution in [1.82, 2.24) is 14.7 Å². The molecule has 0 bridgehead atoms. The number of aromatic nitrogens is 2. The molecule has 1 atom stereocenters. The van der Waals surface area contributed by atoms with Gasteiger partial charge in [-0.2, -0.15) is 5.10 Å². The fourth-order valence-electron chi connectivity index (χ4n) is 3.20. The van der Waals surface area contributed by atoms with Gasteiger partial charge in [-0.05, 0) is 36.4 Å². The number of carbonyl (C=O) groups excluding carboxylic acids is 1. The zero-order valence-electron chi connectivity index (χ0n) is 14.2. The predicted molar refractivity (Wildman–Crippen MR) is 107 cm³/mol. The van der Waals surface area contributed by atoms with E-state index in [-0.39, 0.29) is 24.4 Å². The summed E-state index contributed by atoms with van der Waals surface area (Å²) in [5.74, 6) is 0.0146. The molecule has 1 aliphatic rings. The molecule has 2 N–H and O–H groups in total. The molecule has 5 nitrogen and oxygen atoms in total. The molecule has 1 saturated heterocycles. The lowest BCUT2D eigenvalue weighted by molar-refractivity contribution is 0.0709. The molecule has 1 fully saturated rings. The highest BCUT2D eigenvalue weighted by molar-refractivity contribution is 7.13. The van der Waals surface area contributed by atoms with Crippen molar-refractivity contribution < 1.29 is 4.79 Å². The second kappa shape index (κ2) is 8.03. The van der Waals surface area contributed by atoms with Crippen LogP contribution in [0.25, 0.3) is 16.3 Å². The van der Waals surface area contributed by atoms with Crippen LogP contribution in [0.2, 0.25) is 0 Å². The van der Waals surface area contributed by atoms with Gasteiger partial charge in [0.1, 0.15) is 5.69 Å². The summed E-state index contributed by atoms with van der Waals surface area (Å²) in [4.78, 5) is 16.0. The van der Waals surface area contributed by atoms with Gasteiger partial charge in [0.25, 0.3) is 5.91 Å². The Kier molecular flexibility index (Phi) is 5.76. The maximum atomic E-state index is 13.1. The van der Waals surface area contributed by atoms with Gasteiger partial charge >= 0.3 is 0 Å². The Bertz CT molecular complexity index is 863. The van der Waals surface area contributed by atoms with Crippen LogP contribution in [0, 0.1) is 0 Å². The highest BCUT2D eigenvalue weighted by atomic mass is 35.5. The number of rotatable bonds is 3. The van der Waals surface area contributed by atoms with E-state index in [4.69, 9.17) is 10.8 Å². The molecule has 1 aliphatic heterocycles. The topological polar surface area (TPSA) is 64.2 Å². The summed E-state index contributed by atoms with van der Waals surface area (Å²) in [6.45, 7) is 1.37. The molecule has 1 amide bonds. The zero-order valence-corrected chi connectivity index (χ0v) is 15.9. The summed E-state index contributed by atoms with van der Waals surface area (Å²) in [5.41, 5.74) is 8.37. The maximum Gasteiger partial charge on any atom is 0.257 e. The molecule has 4 rings (SSSR count). The third-order valence-electron chi connectivity index (χ3n) is 4.47. The van der Waals surface area contributed by atoms with Gasteiger partial charge in [0.2, 0.25) is 0 Å². The van der Waals surface area contributed by atoms with Crippen molar-refractivity contribution in [2.45, 2.75) is 18.9 Å². The van der Waals surface area contributed by atoms with Crippen molar-refractivity contribution in [2.24, 2.45) is 5.73 Å². The first-order valence-corrected chi connectivity index (χ1v) is 9.34. The Balaban J connectivity index is 0.00000196. The number of para-hydroxylation sites is 1. The molecule has 7 heteroatoms. The zero-order chi connectivity index (χ0) is 17.2. The first-order valence-electron chi connectivity index (χ1n) is 8.46. The summed E-state index contributed by atoms with van der Waals surface area (Å²) < 4.78 is 1.78. The molecule has 136 valence electrons. The van der Waals surface area contributed by atoms with E-state index in [9.17, 15) is 4.79 Å². The van der Waals surface area contributed by atoms with E-state index in [0.717, 1.165) is 35.6 Å². The van der Waals surface area contributed by atoms with Crippen molar-refractivity contribution in [1.29, 1.82) is 0 Å². The molecule has 26 heavy (non-hydrogen) atoms. The van der Waals surface area contributed by atoms with Crippen molar-refractivity contribution >= 4 is 29.7 Å². The lowest BCUT2D eigenvalue weighted by atomic mass is 10.1. The predicted octanol–water partition coefficient (Wildman–Crippen LogP) is 3.59. The van der Waals surface area contributed by atoms with E-state index >= 15 is 0 Å². The fraction of sp³-hybridized carbons (Fsp3) is 0.263. The Morgan fingerprint density at radius 1 is 1.19 bits per heavy atom. The first-order chi connectivity index (χ1) is 12.2. The van der Waals surface area contributed by atoms with Gasteiger partial charge < -0.3 is 10.6 Å². The highest BCUT2D eigenvalue weighted by Crippen LogP contribution is 2.29. The summed E-state index contributed by atoms with van der Waals surface area (Å²) in [7, 11) is 0. The second-order valence-corrected chi connectivity index (χ2v) is 7.25. The van der Waals surface area contributed by atoms with Crippen LogP contribution < -0.4 is 5.73 Å². The van der Waals surface area contributed by atoms with Crippen molar-refractivity contribution in [2.75, 3.05) is 13.1 Å². The summed E-state index contributed by atoms with van der Waals surface area (Å²) >= 11 is 1.59. The Hall–Kier alpha value is -2.15. The van der Waals surface area contributed by atoms with Crippen molar-refractivity contribution in [3.05, 3.63) is 59.6 Å². The van der Waals surface area contributed by atoms with Crippen molar-refractivity contribution in [3.8, 4) is 16.3 Å². The normalized spacial score (nSPS) is 17.0. The summed E-state index contributed by atoms with van der Waals surface area (Å²) in [6.07, 6.45) is 3.77. The van der Waals surface area contributed by atoms with Crippen LogP contribution in [0.3, 0.4) is 0 Å². The monoisotopic (exact) mass is 388 g/mol. The lowest BCUT2D eigenvalue weighted by Gasteiger charge is -2.30. The first kappa shape index (κ1) is 18.6. The Morgan fingerprint density at radius 2 is 2.00 bits per heavy atom. The number of hydrogen-bond donors (Lipinski definition) is 1. The van der Waals surface area contributed by atoms with Gasteiger partial charge in [0, 0.05) is 25.3 Å². The van der Waals surface area contributed by atoms with Crippen LogP contribution in [0.5, 0.6) is 0 Å². The Labute approximate surface area is 162 Å². The van der Waals surface area contributed by atoms with Crippen molar-refractivity contribution in [3.63, 3.8) is 0 Å². The van der Waals surface area contributed by atoms with Gasteiger partial charge in [0.15, 0.2) is 0 Å². The van der Waals surface area contributed by atoms with Crippen LogP contribution in [-0.4, -0.2) is 39.7 Å². The molecule has 3 aromatic rings. The standard InChI is InChI=1S/C19H20N4OS.ClH/c20-14-6-4-10-22(12-14)19(24)16-13-23(15-7-2-1-3-8-15)21-18(16)17-9-5-11-25-17;/h1-3,5,7-9,11,13-14H,4,6,10,12,20H2;1H. The van der Waals surface area contributed by atoms with E-state index in [1.807, 2.05) is 58.9 Å². The lowest BCUT2D eigenvalue weighted by Crippen LogP contribution is -2.45. The minimum atomic E-state index is 0. The van der Waals surface area contributed by atoms with Gasteiger partial charge in [-0.1, -0.05) is 24.3 Å². The third-order valence-corrected chi connectivity index (χ3v) is 5.34. The minimum Gasteiger partial charge on any atom is -0.337 e. The number of carbonyl (C=O) groups is 1.